The monoisotopic (exact) mass is 155 g/mol. The molecule has 0 saturated carbocycles. The maximum Gasteiger partial charge on any atom is 0.150 e. The van der Waals surface area contributed by atoms with Crippen LogP contribution in [0.3, 0.4) is 0 Å². The van der Waals surface area contributed by atoms with E-state index in [-0.39, 0.29) is 0 Å². The third-order valence-electron chi connectivity index (χ3n) is 0.902. The van der Waals surface area contributed by atoms with E-state index in [2.05, 4.69) is 16.8 Å². The first-order chi connectivity index (χ1) is 4.83. The molecule has 3 heteroatoms. The summed E-state index contributed by atoms with van der Waals surface area (Å²) in [6, 6.07) is 0. The topological polar surface area (TPSA) is 12.9 Å². The van der Waals surface area contributed by atoms with Crippen molar-refractivity contribution in [3.63, 3.8) is 0 Å². The summed E-state index contributed by atoms with van der Waals surface area (Å²) in [5.74, 6) is 4.89. The number of aromatic nitrogens is 1. The second-order valence-electron chi connectivity index (χ2n) is 1.69. The molecule has 0 bridgehead atoms. The van der Waals surface area contributed by atoms with Crippen molar-refractivity contribution in [2.24, 2.45) is 0 Å². The van der Waals surface area contributed by atoms with Crippen molar-refractivity contribution in [3.05, 3.63) is 16.1 Å². The Morgan fingerprint density at radius 3 is 3.10 bits per heavy atom. The number of alkyl halides is 1. The number of thiazole rings is 1. The fourth-order valence-electron chi connectivity index (χ4n) is 0.545. The van der Waals surface area contributed by atoms with Gasteiger partial charge in [-0.15, -0.1) is 11.3 Å². The molecular weight excluding hydrogens is 149 g/mol. The Morgan fingerprint density at radius 2 is 2.60 bits per heavy atom. The number of halogens is 1. The SMILES string of the molecule is Cc1nc(C#CCF)cs1. The van der Waals surface area contributed by atoms with Gasteiger partial charge >= 0.3 is 0 Å². The minimum absolute atomic E-state index is 0.601. The van der Waals surface area contributed by atoms with Gasteiger partial charge in [0.1, 0.15) is 5.69 Å². The molecule has 1 nitrogen and oxygen atoms in total. The molecule has 0 aliphatic heterocycles. The predicted molar refractivity (Wildman–Crippen MR) is 39.7 cm³/mol. The van der Waals surface area contributed by atoms with Crippen molar-refractivity contribution in [2.45, 2.75) is 6.92 Å². The minimum atomic E-state index is -0.601. The van der Waals surface area contributed by atoms with Crippen molar-refractivity contribution >= 4 is 11.3 Å². The summed E-state index contributed by atoms with van der Waals surface area (Å²) in [6.45, 7) is 1.29. The summed E-state index contributed by atoms with van der Waals surface area (Å²) in [5, 5.41) is 2.78. The first kappa shape index (κ1) is 7.23. The van der Waals surface area contributed by atoms with E-state index in [0.717, 1.165) is 5.01 Å². The van der Waals surface area contributed by atoms with Gasteiger partial charge in [-0.3, -0.25) is 0 Å². The molecule has 1 aromatic heterocycles. The van der Waals surface area contributed by atoms with Crippen molar-refractivity contribution < 1.29 is 4.39 Å². The Kier molecular flexibility index (Phi) is 2.41. The van der Waals surface area contributed by atoms with Crippen LogP contribution in [0, 0.1) is 18.8 Å². The van der Waals surface area contributed by atoms with Gasteiger partial charge in [-0.1, -0.05) is 5.92 Å². The van der Waals surface area contributed by atoms with E-state index < -0.39 is 6.67 Å². The molecule has 0 atom stereocenters. The van der Waals surface area contributed by atoms with Crippen molar-refractivity contribution in [2.75, 3.05) is 6.67 Å². The van der Waals surface area contributed by atoms with Crippen LogP contribution in [-0.4, -0.2) is 11.7 Å². The van der Waals surface area contributed by atoms with Crippen molar-refractivity contribution in [1.82, 2.24) is 4.98 Å². The molecule has 0 aliphatic rings. The Labute approximate surface area is 62.9 Å². The molecule has 1 rings (SSSR count). The van der Waals surface area contributed by atoms with Crippen LogP contribution in [0.4, 0.5) is 4.39 Å². The molecular formula is C7H6FNS. The lowest BCUT2D eigenvalue weighted by atomic mass is 10.5. The Balaban J connectivity index is 2.76. The molecule has 0 spiro atoms. The maximum atomic E-state index is 11.5. The molecule has 1 heterocycles. The zero-order chi connectivity index (χ0) is 7.40. The molecule has 0 unspecified atom stereocenters. The quantitative estimate of drug-likeness (QED) is 0.520. The zero-order valence-electron chi connectivity index (χ0n) is 5.52. The second-order valence-corrected chi connectivity index (χ2v) is 2.75. The van der Waals surface area contributed by atoms with E-state index in [1.54, 1.807) is 0 Å². The molecule has 0 saturated heterocycles. The second kappa shape index (κ2) is 3.33. The van der Waals surface area contributed by atoms with Gasteiger partial charge in [0, 0.05) is 5.38 Å². The van der Waals surface area contributed by atoms with Crippen LogP contribution in [0.5, 0.6) is 0 Å². The highest BCUT2D eigenvalue weighted by Gasteiger charge is 1.90. The molecule has 0 fully saturated rings. The van der Waals surface area contributed by atoms with Gasteiger partial charge in [0.15, 0.2) is 6.67 Å². The van der Waals surface area contributed by atoms with Crippen LogP contribution in [0.15, 0.2) is 5.38 Å². The third kappa shape index (κ3) is 1.82. The van der Waals surface area contributed by atoms with Gasteiger partial charge in [-0.05, 0) is 12.8 Å². The number of rotatable bonds is 0. The first-order valence-corrected chi connectivity index (χ1v) is 3.68. The van der Waals surface area contributed by atoms with Gasteiger partial charge in [0.05, 0.1) is 5.01 Å². The number of aryl methyl sites for hydroxylation is 1. The Bertz CT molecular complexity index is 269. The van der Waals surface area contributed by atoms with E-state index in [1.165, 1.54) is 11.3 Å². The highest BCUT2D eigenvalue weighted by molar-refractivity contribution is 7.09. The molecule has 1 aromatic rings. The van der Waals surface area contributed by atoms with Crippen LogP contribution in [0.1, 0.15) is 10.7 Å². The van der Waals surface area contributed by atoms with Crippen LogP contribution in [-0.2, 0) is 0 Å². The predicted octanol–water partition coefficient (Wildman–Crippen LogP) is 1.77. The van der Waals surface area contributed by atoms with Crippen LogP contribution >= 0.6 is 11.3 Å². The van der Waals surface area contributed by atoms with E-state index in [0.29, 0.717) is 5.69 Å². The average Bonchev–Trinajstić information content (AvgIpc) is 2.31. The molecule has 52 valence electrons. The van der Waals surface area contributed by atoms with Gasteiger partial charge in [0.2, 0.25) is 0 Å². The molecule has 0 radical (unpaired) electrons. The molecule has 0 N–H and O–H groups in total. The Morgan fingerprint density at radius 1 is 1.80 bits per heavy atom. The lowest BCUT2D eigenvalue weighted by Crippen LogP contribution is -1.73. The lowest BCUT2D eigenvalue weighted by molar-refractivity contribution is 0.573. The largest absolute Gasteiger partial charge is 0.237 e. The molecule has 10 heavy (non-hydrogen) atoms. The lowest BCUT2D eigenvalue weighted by Gasteiger charge is -1.73. The first-order valence-electron chi connectivity index (χ1n) is 2.80. The van der Waals surface area contributed by atoms with Gasteiger partial charge in [-0.25, -0.2) is 9.37 Å². The van der Waals surface area contributed by atoms with Crippen molar-refractivity contribution in [1.29, 1.82) is 0 Å². The van der Waals surface area contributed by atoms with E-state index in [9.17, 15) is 4.39 Å². The fourth-order valence-corrected chi connectivity index (χ4v) is 1.09. The summed E-state index contributed by atoms with van der Waals surface area (Å²) >= 11 is 1.52. The average molecular weight is 155 g/mol. The van der Waals surface area contributed by atoms with Gasteiger partial charge in [-0.2, -0.15) is 0 Å². The van der Waals surface area contributed by atoms with Crippen LogP contribution in [0.25, 0.3) is 0 Å². The fraction of sp³-hybridized carbons (Fsp3) is 0.286. The summed E-state index contributed by atoms with van der Waals surface area (Å²) in [7, 11) is 0. The van der Waals surface area contributed by atoms with E-state index in [1.807, 2.05) is 12.3 Å². The molecule has 0 amide bonds. The normalized spacial score (nSPS) is 8.60. The summed E-state index contributed by atoms with van der Waals surface area (Å²) in [5.41, 5.74) is 0.667. The number of nitrogens with zero attached hydrogens (tertiary/aromatic N) is 1. The van der Waals surface area contributed by atoms with Gasteiger partial charge in [0.25, 0.3) is 0 Å². The summed E-state index contributed by atoms with van der Waals surface area (Å²) in [6.07, 6.45) is 0. The zero-order valence-corrected chi connectivity index (χ0v) is 6.33. The smallest absolute Gasteiger partial charge is 0.150 e. The number of hydrogen-bond acceptors (Lipinski definition) is 2. The highest BCUT2D eigenvalue weighted by Crippen LogP contribution is 2.05. The third-order valence-corrected chi connectivity index (χ3v) is 1.68. The van der Waals surface area contributed by atoms with Crippen LogP contribution < -0.4 is 0 Å². The Hall–Kier alpha value is -0.880. The summed E-state index contributed by atoms with van der Waals surface area (Å²) < 4.78 is 11.5. The van der Waals surface area contributed by atoms with Gasteiger partial charge < -0.3 is 0 Å². The standard InChI is InChI=1S/C7H6FNS/c1-6-9-7(5-10-6)3-2-4-8/h5H,4H2,1H3. The van der Waals surface area contributed by atoms with Crippen LogP contribution in [0.2, 0.25) is 0 Å². The maximum absolute atomic E-state index is 11.5. The molecule has 0 aromatic carbocycles. The van der Waals surface area contributed by atoms with Crippen molar-refractivity contribution in [3.8, 4) is 11.8 Å². The summed E-state index contributed by atoms with van der Waals surface area (Å²) in [4.78, 5) is 4.03. The number of hydrogen-bond donors (Lipinski definition) is 0. The van der Waals surface area contributed by atoms with E-state index >= 15 is 0 Å². The van der Waals surface area contributed by atoms with E-state index in [4.69, 9.17) is 0 Å². The molecule has 0 aliphatic carbocycles. The minimum Gasteiger partial charge on any atom is -0.237 e. The highest BCUT2D eigenvalue weighted by atomic mass is 32.1.